The molecule has 6 nitrogen and oxygen atoms in total. The normalized spacial score (nSPS) is 23.7. The first-order valence-corrected chi connectivity index (χ1v) is 11.3. The molecule has 0 spiro atoms. The Morgan fingerprint density at radius 3 is 2.78 bits per heavy atom. The van der Waals surface area contributed by atoms with Gasteiger partial charge in [-0.3, -0.25) is 0 Å². The van der Waals surface area contributed by atoms with E-state index in [2.05, 4.69) is 21.8 Å². The Kier molecular flexibility index (Phi) is 4.66. The molecule has 2 aliphatic rings. The van der Waals surface area contributed by atoms with Crippen molar-refractivity contribution in [3.05, 3.63) is 29.8 Å². The second kappa shape index (κ2) is 6.41. The summed E-state index contributed by atoms with van der Waals surface area (Å²) in [5.74, 6) is -0.285. The van der Waals surface area contributed by atoms with Crippen LogP contribution in [-0.2, 0) is 26.3 Å². The lowest BCUT2D eigenvalue weighted by atomic mass is 10.0. The van der Waals surface area contributed by atoms with Gasteiger partial charge < -0.3 is 4.90 Å². The molecule has 0 aromatic heterocycles. The molecule has 2 aliphatic heterocycles. The maximum Gasteiger partial charge on any atom is 0.215 e. The minimum Gasteiger partial charge on any atom is -0.370 e. The smallest absolute Gasteiger partial charge is 0.215 e. The first kappa shape index (κ1) is 16.7. The second-order valence-electron chi connectivity index (χ2n) is 6.18. The number of nitrogens with zero attached hydrogens (tertiary/aromatic N) is 1. The molecule has 1 fully saturated rings. The van der Waals surface area contributed by atoms with Crippen LogP contribution >= 0.6 is 0 Å². The summed E-state index contributed by atoms with van der Waals surface area (Å²) in [6.45, 7) is 1.81. The highest BCUT2D eigenvalue weighted by atomic mass is 32.2. The third-order valence-electron chi connectivity index (χ3n) is 4.52. The summed E-state index contributed by atoms with van der Waals surface area (Å²) in [6.07, 6.45) is 2.31. The fraction of sp³-hybridized carbons (Fsp3) is 0.600. The molecule has 0 bridgehead atoms. The first-order chi connectivity index (χ1) is 10.9. The van der Waals surface area contributed by atoms with Gasteiger partial charge in [0.05, 0.1) is 16.8 Å². The maximum atomic E-state index is 12.2. The van der Waals surface area contributed by atoms with E-state index < -0.39 is 25.1 Å². The Labute approximate surface area is 137 Å². The van der Waals surface area contributed by atoms with Crippen molar-refractivity contribution >= 4 is 25.5 Å². The molecule has 1 aromatic rings. The molecule has 0 aliphatic carbocycles. The van der Waals surface area contributed by atoms with Crippen molar-refractivity contribution in [3.63, 3.8) is 0 Å². The van der Waals surface area contributed by atoms with Crippen molar-refractivity contribution in [1.29, 1.82) is 0 Å². The Hall–Kier alpha value is -1.12. The van der Waals surface area contributed by atoms with Crippen LogP contribution in [0.3, 0.4) is 0 Å². The fourth-order valence-corrected chi connectivity index (χ4v) is 7.36. The van der Waals surface area contributed by atoms with Crippen molar-refractivity contribution in [2.24, 2.45) is 0 Å². The van der Waals surface area contributed by atoms with Gasteiger partial charge in [0.2, 0.25) is 10.0 Å². The standard InChI is InChI=1S/C15H22N2O4S2/c18-22(19)11-7-14(12-22)23(20,21)16-8-10-17-9-3-5-13-4-1-2-6-15(13)17/h1-2,4,6,14,16H,3,5,7-12H2/t14-/m0/s1. The lowest BCUT2D eigenvalue weighted by Gasteiger charge is -2.31. The Bertz CT molecular complexity index is 774. The SMILES string of the molecule is O=S1(=O)CC[C@H](S(=O)(=O)NCCN2CCCc3ccccc32)C1. The van der Waals surface area contributed by atoms with Crippen LogP contribution in [0.5, 0.6) is 0 Å². The average molecular weight is 358 g/mol. The van der Waals surface area contributed by atoms with Crippen molar-refractivity contribution in [3.8, 4) is 0 Å². The van der Waals surface area contributed by atoms with E-state index in [1.165, 1.54) is 11.3 Å². The van der Waals surface area contributed by atoms with E-state index in [4.69, 9.17) is 0 Å². The zero-order valence-corrected chi connectivity index (χ0v) is 14.6. The van der Waals surface area contributed by atoms with Crippen molar-refractivity contribution in [1.82, 2.24) is 4.72 Å². The Balaban J connectivity index is 1.58. The summed E-state index contributed by atoms with van der Waals surface area (Å²) >= 11 is 0. The minimum absolute atomic E-state index is 0.0297. The molecule has 1 N–H and O–H groups in total. The highest BCUT2D eigenvalue weighted by Crippen LogP contribution is 2.26. The monoisotopic (exact) mass is 358 g/mol. The van der Waals surface area contributed by atoms with E-state index in [-0.39, 0.29) is 17.9 Å². The van der Waals surface area contributed by atoms with Crippen LogP contribution in [0.1, 0.15) is 18.4 Å². The molecule has 2 heterocycles. The van der Waals surface area contributed by atoms with Crippen LogP contribution in [0.2, 0.25) is 0 Å². The molecule has 1 atom stereocenters. The number of hydrogen-bond acceptors (Lipinski definition) is 5. The van der Waals surface area contributed by atoms with Gasteiger partial charge in [-0.05, 0) is 30.9 Å². The van der Waals surface area contributed by atoms with Gasteiger partial charge in [0, 0.05) is 25.3 Å². The molecule has 1 aromatic carbocycles. The molecule has 128 valence electrons. The van der Waals surface area contributed by atoms with Crippen LogP contribution < -0.4 is 9.62 Å². The number of nitrogens with one attached hydrogen (secondary N) is 1. The van der Waals surface area contributed by atoms with Crippen LogP contribution in [-0.4, -0.2) is 53.2 Å². The van der Waals surface area contributed by atoms with E-state index in [1.807, 2.05) is 12.1 Å². The van der Waals surface area contributed by atoms with Gasteiger partial charge in [0.25, 0.3) is 0 Å². The summed E-state index contributed by atoms with van der Waals surface area (Å²) in [4.78, 5) is 2.19. The zero-order chi connectivity index (χ0) is 16.5. The Morgan fingerprint density at radius 2 is 2.04 bits per heavy atom. The topological polar surface area (TPSA) is 83.5 Å². The molecule has 8 heteroatoms. The number of sulfonamides is 1. The van der Waals surface area contributed by atoms with Gasteiger partial charge in [0.1, 0.15) is 0 Å². The van der Waals surface area contributed by atoms with Gasteiger partial charge in [0.15, 0.2) is 9.84 Å². The molecule has 0 saturated carbocycles. The van der Waals surface area contributed by atoms with E-state index in [1.54, 1.807) is 0 Å². The summed E-state index contributed by atoms with van der Waals surface area (Å²) < 4.78 is 49.9. The lowest BCUT2D eigenvalue weighted by molar-refractivity contribution is 0.566. The van der Waals surface area contributed by atoms with E-state index in [0.29, 0.717) is 13.1 Å². The third-order valence-corrected chi connectivity index (χ3v) is 8.39. The highest BCUT2D eigenvalue weighted by Gasteiger charge is 2.36. The van der Waals surface area contributed by atoms with Gasteiger partial charge in [-0.1, -0.05) is 18.2 Å². The predicted octanol–water partition coefficient (Wildman–Crippen LogP) is 0.546. The lowest BCUT2D eigenvalue weighted by Crippen LogP contribution is -2.41. The van der Waals surface area contributed by atoms with E-state index >= 15 is 0 Å². The number of fused-ring (bicyclic) bond motifs is 1. The van der Waals surface area contributed by atoms with Crippen molar-refractivity contribution < 1.29 is 16.8 Å². The number of anilines is 1. The quantitative estimate of drug-likeness (QED) is 0.831. The molecule has 23 heavy (non-hydrogen) atoms. The number of rotatable bonds is 5. The van der Waals surface area contributed by atoms with Crippen molar-refractivity contribution in [2.75, 3.05) is 36.0 Å². The molecule has 0 unspecified atom stereocenters. The molecular formula is C15H22N2O4S2. The largest absolute Gasteiger partial charge is 0.370 e. The number of sulfone groups is 1. The van der Waals surface area contributed by atoms with Gasteiger partial charge in [-0.15, -0.1) is 0 Å². The second-order valence-corrected chi connectivity index (χ2v) is 10.5. The molecule has 0 radical (unpaired) electrons. The van der Waals surface area contributed by atoms with Gasteiger partial charge >= 0.3 is 0 Å². The maximum absolute atomic E-state index is 12.2. The van der Waals surface area contributed by atoms with Crippen LogP contribution in [0.25, 0.3) is 0 Å². The Morgan fingerprint density at radius 1 is 1.26 bits per heavy atom. The molecule has 0 amide bonds. The molecular weight excluding hydrogens is 336 g/mol. The summed E-state index contributed by atoms with van der Waals surface area (Å²) in [5, 5.41) is -0.804. The fourth-order valence-electron chi connectivity index (χ4n) is 3.29. The number of benzene rings is 1. The van der Waals surface area contributed by atoms with Crippen LogP contribution in [0, 0.1) is 0 Å². The van der Waals surface area contributed by atoms with Crippen molar-refractivity contribution in [2.45, 2.75) is 24.5 Å². The van der Waals surface area contributed by atoms with Crippen LogP contribution in [0.4, 0.5) is 5.69 Å². The average Bonchev–Trinajstić information content (AvgIpc) is 2.88. The van der Waals surface area contributed by atoms with E-state index in [9.17, 15) is 16.8 Å². The highest BCUT2D eigenvalue weighted by molar-refractivity contribution is 7.95. The minimum atomic E-state index is -3.57. The summed E-state index contributed by atoms with van der Waals surface area (Å²) in [5.41, 5.74) is 2.46. The van der Waals surface area contributed by atoms with Gasteiger partial charge in [-0.2, -0.15) is 0 Å². The molecule has 1 saturated heterocycles. The summed E-state index contributed by atoms with van der Waals surface area (Å²) in [6, 6.07) is 8.18. The number of hydrogen-bond donors (Lipinski definition) is 1. The van der Waals surface area contributed by atoms with Gasteiger partial charge in [-0.25, -0.2) is 21.6 Å². The first-order valence-electron chi connectivity index (χ1n) is 7.89. The van der Waals surface area contributed by atoms with Crippen LogP contribution in [0.15, 0.2) is 24.3 Å². The number of para-hydroxylation sites is 1. The molecule has 3 rings (SSSR count). The number of aryl methyl sites for hydroxylation is 1. The summed E-state index contributed by atoms with van der Waals surface area (Å²) in [7, 11) is -6.76. The third kappa shape index (κ3) is 3.87. The zero-order valence-electron chi connectivity index (χ0n) is 12.9. The van der Waals surface area contributed by atoms with E-state index in [0.717, 1.165) is 19.4 Å². The predicted molar refractivity (Wildman–Crippen MR) is 91.0 cm³/mol.